The molecule has 6 nitrogen and oxygen atoms in total. The first-order chi connectivity index (χ1) is 10.2. The van der Waals surface area contributed by atoms with Gasteiger partial charge in [-0.1, -0.05) is 18.6 Å². The number of nitrogens with one attached hydrogen (secondary N) is 1. The van der Waals surface area contributed by atoms with Crippen LogP contribution in [-0.2, 0) is 20.0 Å². The van der Waals surface area contributed by atoms with Crippen LogP contribution < -0.4 is 4.72 Å². The minimum Gasteiger partial charge on any atom is -0.224 e. The summed E-state index contributed by atoms with van der Waals surface area (Å²) in [4.78, 5) is 0.224. The molecular formula is C14H22N2O4S2. The lowest BCUT2D eigenvalue weighted by atomic mass is 10.1. The summed E-state index contributed by atoms with van der Waals surface area (Å²) in [6.45, 7) is 2.85. The van der Waals surface area contributed by atoms with Crippen LogP contribution >= 0.6 is 0 Å². The van der Waals surface area contributed by atoms with E-state index in [9.17, 15) is 16.8 Å². The predicted octanol–water partition coefficient (Wildman–Crippen LogP) is 1.47. The van der Waals surface area contributed by atoms with E-state index >= 15 is 0 Å². The van der Waals surface area contributed by atoms with Gasteiger partial charge in [-0.05, 0) is 37.5 Å². The summed E-state index contributed by atoms with van der Waals surface area (Å²) >= 11 is 0. The van der Waals surface area contributed by atoms with Gasteiger partial charge in [0.05, 0.1) is 4.90 Å². The van der Waals surface area contributed by atoms with Crippen molar-refractivity contribution in [3.63, 3.8) is 0 Å². The fourth-order valence-corrected chi connectivity index (χ4v) is 4.58. The summed E-state index contributed by atoms with van der Waals surface area (Å²) in [5, 5.41) is 0. The number of benzene rings is 1. The van der Waals surface area contributed by atoms with Crippen LogP contribution in [0.15, 0.2) is 29.2 Å². The van der Waals surface area contributed by atoms with E-state index in [2.05, 4.69) is 4.72 Å². The van der Waals surface area contributed by atoms with E-state index in [1.54, 1.807) is 19.1 Å². The molecule has 0 saturated carbocycles. The molecular weight excluding hydrogens is 324 g/mol. The molecule has 1 N–H and O–H groups in total. The van der Waals surface area contributed by atoms with E-state index in [0.717, 1.165) is 31.1 Å². The van der Waals surface area contributed by atoms with Gasteiger partial charge in [-0.15, -0.1) is 0 Å². The van der Waals surface area contributed by atoms with Crippen molar-refractivity contribution in [2.45, 2.75) is 37.1 Å². The Bertz CT molecular complexity index is 706. The molecule has 1 atom stereocenters. The third-order valence-electron chi connectivity index (χ3n) is 3.79. The highest BCUT2D eigenvalue weighted by atomic mass is 32.2. The molecule has 1 heterocycles. The van der Waals surface area contributed by atoms with Crippen LogP contribution in [0.4, 0.5) is 0 Å². The highest BCUT2D eigenvalue weighted by molar-refractivity contribution is 7.90. The maximum atomic E-state index is 12.3. The van der Waals surface area contributed by atoms with E-state index in [0.29, 0.717) is 13.1 Å². The number of sulfone groups is 1. The molecule has 0 aromatic heterocycles. The van der Waals surface area contributed by atoms with Crippen molar-refractivity contribution >= 4 is 20.0 Å². The molecule has 124 valence electrons. The van der Waals surface area contributed by atoms with Crippen LogP contribution in [0.3, 0.4) is 0 Å². The summed E-state index contributed by atoms with van der Waals surface area (Å²) in [5.41, 5.74) is 0.730. The maximum absolute atomic E-state index is 12.3. The van der Waals surface area contributed by atoms with E-state index < -0.39 is 26.1 Å². The first kappa shape index (κ1) is 17.4. The maximum Gasteiger partial charge on any atom is 0.279 e. The van der Waals surface area contributed by atoms with Gasteiger partial charge in [0.1, 0.15) is 0 Å². The molecule has 1 saturated heterocycles. The lowest BCUT2D eigenvalue weighted by Crippen LogP contribution is -2.44. The summed E-state index contributed by atoms with van der Waals surface area (Å²) in [6, 6.07) is 5.85. The first-order valence-electron chi connectivity index (χ1n) is 7.27. The third-order valence-corrected chi connectivity index (χ3v) is 6.61. The van der Waals surface area contributed by atoms with Gasteiger partial charge >= 0.3 is 0 Å². The van der Waals surface area contributed by atoms with Gasteiger partial charge < -0.3 is 0 Å². The van der Waals surface area contributed by atoms with Crippen molar-refractivity contribution in [3.8, 4) is 0 Å². The second kappa shape index (κ2) is 6.66. The van der Waals surface area contributed by atoms with Crippen LogP contribution in [0.2, 0.25) is 0 Å². The summed E-state index contributed by atoms with van der Waals surface area (Å²) in [5.74, 6) is 0. The quantitative estimate of drug-likeness (QED) is 0.875. The minimum absolute atomic E-state index is 0.224. The molecule has 1 aromatic rings. The molecule has 1 aromatic carbocycles. The Balaban J connectivity index is 2.09. The highest BCUT2D eigenvalue weighted by Gasteiger charge is 2.25. The number of rotatable bonds is 5. The number of hydrogen-bond donors (Lipinski definition) is 1. The topological polar surface area (TPSA) is 83.6 Å². The monoisotopic (exact) mass is 346 g/mol. The van der Waals surface area contributed by atoms with Crippen molar-refractivity contribution in [1.82, 2.24) is 9.03 Å². The number of piperidine rings is 1. The Morgan fingerprint density at radius 3 is 2.05 bits per heavy atom. The summed E-state index contributed by atoms with van der Waals surface area (Å²) in [7, 11) is -6.75. The van der Waals surface area contributed by atoms with Gasteiger partial charge in [0.25, 0.3) is 10.2 Å². The highest BCUT2D eigenvalue weighted by Crippen LogP contribution is 2.19. The van der Waals surface area contributed by atoms with Crippen LogP contribution in [-0.4, -0.2) is 40.5 Å². The average Bonchev–Trinajstić information content (AvgIpc) is 2.47. The second-order valence-electron chi connectivity index (χ2n) is 5.65. The normalized spacial score (nSPS) is 19.0. The van der Waals surface area contributed by atoms with Crippen molar-refractivity contribution in [1.29, 1.82) is 0 Å². The van der Waals surface area contributed by atoms with E-state index in [1.807, 2.05) is 0 Å². The molecule has 22 heavy (non-hydrogen) atoms. The zero-order valence-corrected chi connectivity index (χ0v) is 14.5. The zero-order valence-electron chi connectivity index (χ0n) is 12.8. The Morgan fingerprint density at radius 2 is 1.55 bits per heavy atom. The van der Waals surface area contributed by atoms with Crippen molar-refractivity contribution in [2.75, 3.05) is 19.3 Å². The smallest absolute Gasteiger partial charge is 0.224 e. The first-order valence-corrected chi connectivity index (χ1v) is 10.6. The molecule has 0 radical (unpaired) electrons. The van der Waals surface area contributed by atoms with Crippen LogP contribution in [0.25, 0.3) is 0 Å². The van der Waals surface area contributed by atoms with Crippen molar-refractivity contribution < 1.29 is 16.8 Å². The largest absolute Gasteiger partial charge is 0.279 e. The molecule has 0 aliphatic carbocycles. The molecule has 1 aliphatic heterocycles. The van der Waals surface area contributed by atoms with Gasteiger partial charge in [-0.2, -0.15) is 17.4 Å². The fourth-order valence-electron chi connectivity index (χ4n) is 2.47. The summed E-state index contributed by atoms with van der Waals surface area (Å²) < 4.78 is 51.6. The second-order valence-corrected chi connectivity index (χ2v) is 9.36. The van der Waals surface area contributed by atoms with E-state index in [-0.39, 0.29) is 4.90 Å². The molecule has 0 amide bonds. The SMILES string of the molecule is CC(NS(=O)(=O)N1CCCCC1)c1ccc(S(C)(=O)=O)cc1. The van der Waals surface area contributed by atoms with E-state index in [1.165, 1.54) is 16.4 Å². The molecule has 8 heteroatoms. The molecule has 1 fully saturated rings. The van der Waals surface area contributed by atoms with E-state index in [4.69, 9.17) is 0 Å². The Labute approximate surface area is 132 Å². The van der Waals surface area contributed by atoms with Crippen molar-refractivity contribution in [3.05, 3.63) is 29.8 Å². The predicted molar refractivity (Wildman–Crippen MR) is 85.4 cm³/mol. The lowest BCUT2D eigenvalue weighted by molar-refractivity contribution is 0.339. The third kappa shape index (κ3) is 4.28. The molecule has 0 bridgehead atoms. The number of nitrogens with zero attached hydrogens (tertiary/aromatic N) is 1. The molecule has 0 spiro atoms. The molecule has 1 unspecified atom stereocenters. The van der Waals surface area contributed by atoms with Crippen molar-refractivity contribution in [2.24, 2.45) is 0 Å². The Kier molecular flexibility index (Phi) is 5.26. The minimum atomic E-state index is -3.50. The van der Waals surface area contributed by atoms with Gasteiger partial charge in [0.2, 0.25) is 0 Å². The Morgan fingerprint density at radius 1 is 1.00 bits per heavy atom. The van der Waals surface area contributed by atoms with Gasteiger partial charge in [-0.25, -0.2) is 8.42 Å². The molecule has 1 aliphatic rings. The fraction of sp³-hybridized carbons (Fsp3) is 0.571. The van der Waals surface area contributed by atoms with Crippen LogP contribution in [0.1, 0.15) is 37.8 Å². The Hall–Kier alpha value is -0.960. The van der Waals surface area contributed by atoms with Gasteiger partial charge in [-0.3, -0.25) is 0 Å². The van der Waals surface area contributed by atoms with Gasteiger partial charge in [0, 0.05) is 25.4 Å². The zero-order chi connectivity index (χ0) is 16.4. The van der Waals surface area contributed by atoms with Crippen LogP contribution in [0.5, 0.6) is 0 Å². The number of hydrogen-bond acceptors (Lipinski definition) is 4. The van der Waals surface area contributed by atoms with Gasteiger partial charge in [0.15, 0.2) is 9.84 Å². The standard InChI is InChI=1S/C14H22N2O4S2/c1-12(13-6-8-14(9-7-13)21(2,17)18)15-22(19,20)16-10-4-3-5-11-16/h6-9,12,15H,3-5,10-11H2,1-2H3. The molecule has 2 rings (SSSR count). The average molecular weight is 346 g/mol. The summed E-state index contributed by atoms with van der Waals surface area (Å²) in [6.07, 6.45) is 3.98. The lowest BCUT2D eigenvalue weighted by Gasteiger charge is -2.27. The van der Waals surface area contributed by atoms with Crippen LogP contribution in [0, 0.1) is 0 Å².